The van der Waals surface area contributed by atoms with E-state index < -0.39 is 5.97 Å². The zero-order valence-electron chi connectivity index (χ0n) is 6.76. The van der Waals surface area contributed by atoms with E-state index in [9.17, 15) is 4.79 Å². The molecule has 0 aromatic heterocycles. The molecule has 0 aromatic carbocycles. The van der Waals surface area contributed by atoms with Gasteiger partial charge in [-0.15, -0.1) is 17.7 Å². The fourth-order valence-electron chi connectivity index (χ4n) is 0.561. The number of carboxylic acids is 1. The molecule has 0 aliphatic rings. The summed E-state index contributed by atoms with van der Waals surface area (Å²) in [5.41, 5.74) is 0. The zero-order chi connectivity index (χ0) is 8.69. The summed E-state index contributed by atoms with van der Waals surface area (Å²) in [6.07, 6.45) is 0.218. The normalized spacial score (nSPS) is 11.5. The molecule has 0 amide bonds. The summed E-state index contributed by atoms with van der Waals surface area (Å²) in [4.78, 5) is 10.2. The number of hydrogen-bond donors (Lipinski definition) is 1. The number of carbonyl (C=O) groups is 1. The van der Waals surface area contributed by atoms with Gasteiger partial charge in [0.15, 0.2) is 0 Å². The molecule has 1 N–H and O–H groups in total. The van der Waals surface area contributed by atoms with Gasteiger partial charge in [-0.1, -0.05) is 12.8 Å². The number of rotatable bonds is 4. The third-order valence-electron chi connectivity index (χ3n) is 1.08. The van der Waals surface area contributed by atoms with Gasteiger partial charge in [-0.2, -0.15) is 0 Å². The smallest absolute Gasteiger partial charge is 0.304 e. The van der Waals surface area contributed by atoms with Crippen LogP contribution in [0.5, 0.6) is 0 Å². The van der Waals surface area contributed by atoms with Crippen molar-refractivity contribution >= 4 is 17.7 Å². The largest absolute Gasteiger partial charge is 0.481 e. The standard InChI is InChI=1S/C8H12O2S/c1-3-4-5-11-7(2)6-8(9)10/h7H,5-6H2,1-2H3,(H,9,10). The van der Waals surface area contributed by atoms with E-state index in [2.05, 4.69) is 11.8 Å². The van der Waals surface area contributed by atoms with Crippen LogP contribution in [-0.2, 0) is 4.79 Å². The third kappa shape index (κ3) is 7.27. The van der Waals surface area contributed by atoms with Gasteiger partial charge in [0.1, 0.15) is 0 Å². The fraction of sp³-hybridized carbons (Fsp3) is 0.625. The maximum atomic E-state index is 10.2. The lowest BCUT2D eigenvalue weighted by atomic mass is 10.3. The second-order valence-electron chi connectivity index (χ2n) is 2.15. The molecule has 0 spiro atoms. The molecular formula is C8H12O2S. The topological polar surface area (TPSA) is 37.3 Å². The summed E-state index contributed by atoms with van der Waals surface area (Å²) in [6, 6.07) is 0. The highest BCUT2D eigenvalue weighted by Gasteiger charge is 2.05. The van der Waals surface area contributed by atoms with Gasteiger partial charge in [0.25, 0.3) is 0 Å². The monoisotopic (exact) mass is 172 g/mol. The van der Waals surface area contributed by atoms with Crippen LogP contribution in [0.4, 0.5) is 0 Å². The molecule has 0 saturated heterocycles. The lowest BCUT2D eigenvalue weighted by molar-refractivity contribution is -0.136. The summed E-state index contributed by atoms with van der Waals surface area (Å²) >= 11 is 1.57. The van der Waals surface area contributed by atoms with Crippen molar-refractivity contribution in [1.29, 1.82) is 0 Å². The molecule has 62 valence electrons. The highest BCUT2D eigenvalue weighted by atomic mass is 32.2. The molecule has 0 bridgehead atoms. The first-order valence-corrected chi connectivity index (χ1v) is 4.44. The molecule has 1 unspecified atom stereocenters. The molecule has 0 aliphatic heterocycles. The Kier molecular flexibility index (Phi) is 5.77. The average Bonchev–Trinajstić information content (AvgIpc) is 1.86. The molecule has 0 heterocycles. The Bertz CT molecular complexity index is 178. The second kappa shape index (κ2) is 6.11. The molecule has 0 radical (unpaired) electrons. The minimum Gasteiger partial charge on any atom is -0.481 e. The average molecular weight is 172 g/mol. The van der Waals surface area contributed by atoms with E-state index in [1.54, 1.807) is 18.7 Å². The van der Waals surface area contributed by atoms with Crippen molar-refractivity contribution in [3.05, 3.63) is 0 Å². The fourth-order valence-corrected chi connectivity index (χ4v) is 1.33. The van der Waals surface area contributed by atoms with Crippen LogP contribution in [0.25, 0.3) is 0 Å². The first-order valence-electron chi connectivity index (χ1n) is 3.39. The number of aliphatic carboxylic acids is 1. The Morgan fingerprint density at radius 3 is 2.82 bits per heavy atom. The molecule has 2 nitrogen and oxygen atoms in total. The van der Waals surface area contributed by atoms with E-state index in [0.29, 0.717) is 0 Å². The van der Waals surface area contributed by atoms with Gasteiger partial charge in [0.2, 0.25) is 0 Å². The van der Waals surface area contributed by atoms with Crippen LogP contribution in [0.1, 0.15) is 20.3 Å². The number of thioether (sulfide) groups is 1. The van der Waals surface area contributed by atoms with E-state index in [-0.39, 0.29) is 11.7 Å². The quantitative estimate of drug-likeness (QED) is 0.654. The van der Waals surface area contributed by atoms with Crippen LogP contribution < -0.4 is 0 Å². The first-order chi connectivity index (χ1) is 5.16. The molecule has 3 heteroatoms. The van der Waals surface area contributed by atoms with Crippen molar-refractivity contribution in [3.63, 3.8) is 0 Å². The lowest BCUT2D eigenvalue weighted by Gasteiger charge is -2.03. The molecule has 0 rings (SSSR count). The van der Waals surface area contributed by atoms with Crippen molar-refractivity contribution in [1.82, 2.24) is 0 Å². The van der Waals surface area contributed by atoms with E-state index in [1.807, 2.05) is 6.92 Å². The minimum absolute atomic E-state index is 0.161. The summed E-state index contributed by atoms with van der Waals surface area (Å²) in [7, 11) is 0. The SMILES string of the molecule is CC#CCSC(C)CC(=O)O. The highest BCUT2D eigenvalue weighted by Crippen LogP contribution is 2.12. The predicted octanol–water partition coefficient (Wildman–Crippen LogP) is 1.61. The van der Waals surface area contributed by atoms with E-state index in [0.717, 1.165) is 5.75 Å². The number of carboxylic acid groups (broad SMARTS) is 1. The van der Waals surface area contributed by atoms with Crippen molar-refractivity contribution in [2.45, 2.75) is 25.5 Å². The summed E-state index contributed by atoms with van der Waals surface area (Å²) in [6.45, 7) is 3.68. The predicted molar refractivity (Wildman–Crippen MR) is 47.6 cm³/mol. The van der Waals surface area contributed by atoms with E-state index >= 15 is 0 Å². The molecule has 0 fully saturated rings. The van der Waals surface area contributed by atoms with Gasteiger partial charge in [-0.25, -0.2) is 0 Å². The Labute approximate surface area is 71.4 Å². The molecule has 0 saturated carbocycles. The van der Waals surface area contributed by atoms with Crippen LogP contribution in [0.3, 0.4) is 0 Å². The Balaban J connectivity index is 3.41. The summed E-state index contributed by atoms with van der Waals surface area (Å²) < 4.78 is 0. The van der Waals surface area contributed by atoms with Gasteiger partial charge in [0.05, 0.1) is 12.2 Å². The zero-order valence-corrected chi connectivity index (χ0v) is 7.57. The first kappa shape index (κ1) is 10.4. The lowest BCUT2D eigenvalue weighted by Crippen LogP contribution is -2.05. The Morgan fingerprint density at radius 2 is 2.36 bits per heavy atom. The minimum atomic E-state index is -0.741. The maximum absolute atomic E-state index is 10.2. The van der Waals surface area contributed by atoms with Gasteiger partial charge in [-0.05, 0) is 6.92 Å². The number of hydrogen-bond acceptors (Lipinski definition) is 2. The van der Waals surface area contributed by atoms with Gasteiger partial charge in [0, 0.05) is 5.25 Å². The van der Waals surface area contributed by atoms with Crippen molar-refractivity contribution in [3.8, 4) is 11.8 Å². The van der Waals surface area contributed by atoms with E-state index in [4.69, 9.17) is 5.11 Å². The van der Waals surface area contributed by atoms with E-state index in [1.165, 1.54) is 0 Å². The Hall–Kier alpha value is -0.620. The molecule has 11 heavy (non-hydrogen) atoms. The van der Waals surface area contributed by atoms with Crippen LogP contribution in [0.2, 0.25) is 0 Å². The van der Waals surface area contributed by atoms with Gasteiger partial charge in [-0.3, -0.25) is 4.79 Å². The van der Waals surface area contributed by atoms with Crippen LogP contribution >= 0.6 is 11.8 Å². The van der Waals surface area contributed by atoms with Crippen molar-refractivity contribution in [2.75, 3.05) is 5.75 Å². The van der Waals surface area contributed by atoms with Crippen LogP contribution in [0.15, 0.2) is 0 Å². The summed E-state index contributed by atoms with van der Waals surface area (Å²) in [5.74, 6) is 5.62. The highest BCUT2D eigenvalue weighted by molar-refractivity contribution is 8.00. The molecular weight excluding hydrogens is 160 g/mol. The second-order valence-corrected chi connectivity index (χ2v) is 3.57. The molecule has 1 atom stereocenters. The van der Waals surface area contributed by atoms with Crippen LogP contribution in [0, 0.1) is 11.8 Å². The summed E-state index contributed by atoms with van der Waals surface area (Å²) in [5, 5.41) is 8.55. The van der Waals surface area contributed by atoms with Gasteiger partial charge < -0.3 is 5.11 Å². The van der Waals surface area contributed by atoms with Crippen molar-refractivity contribution in [2.24, 2.45) is 0 Å². The molecule has 0 aliphatic carbocycles. The van der Waals surface area contributed by atoms with Crippen molar-refractivity contribution < 1.29 is 9.90 Å². The Morgan fingerprint density at radius 1 is 1.73 bits per heavy atom. The maximum Gasteiger partial charge on any atom is 0.304 e. The third-order valence-corrected chi connectivity index (χ3v) is 2.13. The van der Waals surface area contributed by atoms with Crippen LogP contribution in [-0.4, -0.2) is 22.1 Å². The van der Waals surface area contributed by atoms with Gasteiger partial charge >= 0.3 is 5.97 Å². The molecule has 0 aromatic rings.